The molecule has 6 heteroatoms. The smallest absolute Gasteiger partial charge is 0.242 e. The zero-order valence-corrected chi connectivity index (χ0v) is 10.4. The fourth-order valence-corrected chi connectivity index (χ4v) is 2.74. The maximum Gasteiger partial charge on any atom is 0.242 e. The summed E-state index contributed by atoms with van der Waals surface area (Å²) in [5.74, 6) is -0.128. The summed E-state index contributed by atoms with van der Waals surface area (Å²) in [5.41, 5.74) is 0. The molecule has 2 N–H and O–H groups in total. The van der Waals surface area contributed by atoms with E-state index < -0.39 is 10.0 Å². The number of aliphatic hydroxyl groups is 1. The van der Waals surface area contributed by atoms with Gasteiger partial charge in [-0.25, -0.2) is 13.1 Å². The largest absolute Gasteiger partial charge is 0.396 e. The van der Waals surface area contributed by atoms with E-state index in [4.69, 9.17) is 16.7 Å². The molecule has 1 aromatic carbocycles. The van der Waals surface area contributed by atoms with Crippen LogP contribution in [0.4, 0.5) is 0 Å². The van der Waals surface area contributed by atoms with Crippen molar-refractivity contribution in [3.63, 3.8) is 0 Å². The predicted molar refractivity (Wildman–Crippen MR) is 62.9 cm³/mol. The highest BCUT2D eigenvalue weighted by Gasteiger charge is 2.17. The Labute approximate surface area is 100 Å². The van der Waals surface area contributed by atoms with Gasteiger partial charge in [0, 0.05) is 13.2 Å². The molecular formula is C10H14ClNO3S. The molecule has 1 atom stereocenters. The number of hydrogen-bond donors (Lipinski definition) is 2. The highest BCUT2D eigenvalue weighted by molar-refractivity contribution is 7.89. The van der Waals surface area contributed by atoms with Crippen molar-refractivity contribution in [1.82, 2.24) is 4.72 Å². The van der Waals surface area contributed by atoms with Crippen molar-refractivity contribution >= 4 is 21.6 Å². The Balaban J connectivity index is 2.83. The van der Waals surface area contributed by atoms with E-state index in [2.05, 4.69) is 4.72 Å². The second kappa shape index (κ2) is 5.63. The summed E-state index contributed by atoms with van der Waals surface area (Å²) in [7, 11) is -3.59. The quantitative estimate of drug-likeness (QED) is 0.840. The number of nitrogens with one attached hydrogen (secondary N) is 1. The Bertz CT molecular complexity index is 447. The van der Waals surface area contributed by atoms with Gasteiger partial charge in [0.15, 0.2) is 0 Å². The zero-order chi connectivity index (χ0) is 12.2. The molecule has 0 aliphatic carbocycles. The molecule has 0 aliphatic heterocycles. The first-order valence-corrected chi connectivity index (χ1v) is 6.68. The molecule has 1 unspecified atom stereocenters. The van der Waals surface area contributed by atoms with Crippen LogP contribution in [0.15, 0.2) is 29.2 Å². The number of hydrogen-bond acceptors (Lipinski definition) is 3. The van der Waals surface area contributed by atoms with Crippen LogP contribution in [0.3, 0.4) is 0 Å². The summed E-state index contributed by atoms with van der Waals surface area (Å²) in [4.78, 5) is 0.0572. The summed E-state index contributed by atoms with van der Waals surface area (Å²) < 4.78 is 26.0. The molecule has 0 spiro atoms. The van der Waals surface area contributed by atoms with Crippen molar-refractivity contribution < 1.29 is 13.5 Å². The van der Waals surface area contributed by atoms with Crippen LogP contribution in [0.2, 0.25) is 5.02 Å². The van der Waals surface area contributed by atoms with Crippen LogP contribution in [0, 0.1) is 5.92 Å². The lowest BCUT2D eigenvalue weighted by atomic mass is 10.2. The average molecular weight is 264 g/mol. The molecule has 4 nitrogen and oxygen atoms in total. The van der Waals surface area contributed by atoms with Gasteiger partial charge in [-0.2, -0.15) is 0 Å². The Morgan fingerprint density at radius 1 is 1.44 bits per heavy atom. The van der Waals surface area contributed by atoms with E-state index in [1.54, 1.807) is 19.1 Å². The van der Waals surface area contributed by atoms with E-state index in [-0.39, 0.29) is 29.0 Å². The predicted octanol–water partition coefficient (Wildman–Crippen LogP) is 1.25. The van der Waals surface area contributed by atoms with E-state index in [9.17, 15) is 8.42 Å². The van der Waals surface area contributed by atoms with Gasteiger partial charge >= 0.3 is 0 Å². The third-order valence-corrected chi connectivity index (χ3v) is 3.98. The molecule has 0 amide bonds. The Morgan fingerprint density at radius 2 is 2.06 bits per heavy atom. The van der Waals surface area contributed by atoms with Crippen LogP contribution >= 0.6 is 11.6 Å². The molecular weight excluding hydrogens is 250 g/mol. The van der Waals surface area contributed by atoms with Crippen LogP contribution in [-0.2, 0) is 10.0 Å². The number of sulfonamides is 1. The van der Waals surface area contributed by atoms with Crippen LogP contribution in [0.1, 0.15) is 6.92 Å². The van der Waals surface area contributed by atoms with Crippen LogP contribution < -0.4 is 4.72 Å². The van der Waals surface area contributed by atoms with Gasteiger partial charge in [0.05, 0.1) is 5.02 Å². The zero-order valence-electron chi connectivity index (χ0n) is 8.85. The first kappa shape index (κ1) is 13.4. The Hall–Kier alpha value is -0.620. The van der Waals surface area contributed by atoms with Crippen molar-refractivity contribution in [3.8, 4) is 0 Å². The van der Waals surface area contributed by atoms with E-state index in [0.29, 0.717) is 0 Å². The maximum absolute atomic E-state index is 11.8. The van der Waals surface area contributed by atoms with Crippen LogP contribution in [0.5, 0.6) is 0 Å². The van der Waals surface area contributed by atoms with Gasteiger partial charge in [0.1, 0.15) is 4.90 Å². The first-order valence-electron chi connectivity index (χ1n) is 4.82. The second-order valence-corrected chi connectivity index (χ2v) is 5.71. The summed E-state index contributed by atoms with van der Waals surface area (Å²) in [6, 6.07) is 6.23. The average Bonchev–Trinajstić information content (AvgIpc) is 2.26. The highest BCUT2D eigenvalue weighted by atomic mass is 35.5. The molecule has 0 aromatic heterocycles. The minimum Gasteiger partial charge on any atom is -0.396 e. The highest BCUT2D eigenvalue weighted by Crippen LogP contribution is 2.20. The van der Waals surface area contributed by atoms with Crippen molar-refractivity contribution in [2.75, 3.05) is 13.2 Å². The molecule has 90 valence electrons. The molecule has 0 saturated heterocycles. The van der Waals surface area contributed by atoms with Gasteiger partial charge in [-0.15, -0.1) is 0 Å². The molecule has 0 fully saturated rings. The number of rotatable bonds is 5. The Morgan fingerprint density at radius 3 is 2.62 bits per heavy atom. The SMILES string of the molecule is CC(CO)CNS(=O)(=O)c1ccccc1Cl. The van der Waals surface area contributed by atoms with Crippen molar-refractivity contribution in [1.29, 1.82) is 0 Å². The lowest BCUT2D eigenvalue weighted by Gasteiger charge is -2.11. The summed E-state index contributed by atoms with van der Waals surface area (Å²) in [6.45, 7) is 1.87. The lowest BCUT2D eigenvalue weighted by molar-refractivity contribution is 0.238. The molecule has 0 radical (unpaired) electrons. The normalized spacial score (nSPS) is 13.7. The fourth-order valence-electron chi connectivity index (χ4n) is 1.06. The number of benzene rings is 1. The second-order valence-electron chi connectivity index (χ2n) is 3.57. The van der Waals surface area contributed by atoms with Gasteiger partial charge in [-0.1, -0.05) is 30.7 Å². The van der Waals surface area contributed by atoms with Gasteiger partial charge in [-0.3, -0.25) is 0 Å². The maximum atomic E-state index is 11.8. The third-order valence-electron chi connectivity index (χ3n) is 2.06. The van der Waals surface area contributed by atoms with Crippen LogP contribution in [-0.4, -0.2) is 26.7 Å². The van der Waals surface area contributed by atoms with Gasteiger partial charge in [0.25, 0.3) is 0 Å². The van der Waals surface area contributed by atoms with Crippen LogP contribution in [0.25, 0.3) is 0 Å². The Kier molecular flexibility index (Phi) is 4.73. The number of halogens is 1. The minimum absolute atomic E-state index is 0.0572. The number of aliphatic hydroxyl groups excluding tert-OH is 1. The first-order chi connectivity index (χ1) is 7.47. The molecule has 1 rings (SSSR count). The summed E-state index contributed by atoms with van der Waals surface area (Å²) in [6.07, 6.45) is 0. The molecule has 0 bridgehead atoms. The van der Waals surface area contributed by atoms with Crippen molar-refractivity contribution in [2.45, 2.75) is 11.8 Å². The van der Waals surface area contributed by atoms with Gasteiger partial charge in [-0.05, 0) is 18.1 Å². The minimum atomic E-state index is -3.59. The van der Waals surface area contributed by atoms with Crippen molar-refractivity contribution in [2.24, 2.45) is 5.92 Å². The standard InChI is InChI=1S/C10H14ClNO3S/c1-8(7-13)6-12-16(14,15)10-5-3-2-4-9(10)11/h2-5,8,12-13H,6-7H2,1H3. The lowest BCUT2D eigenvalue weighted by Crippen LogP contribution is -2.29. The molecule has 0 heterocycles. The molecule has 1 aromatic rings. The summed E-state index contributed by atoms with van der Waals surface area (Å²) in [5, 5.41) is 8.98. The monoisotopic (exact) mass is 263 g/mol. The third kappa shape index (κ3) is 3.45. The van der Waals surface area contributed by atoms with E-state index >= 15 is 0 Å². The van der Waals surface area contributed by atoms with E-state index in [0.717, 1.165) is 0 Å². The van der Waals surface area contributed by atoms with E-state index in [1.807, 2.05) is 0 Å². The van der Waals surface area contributed by atoms with Gasteiger partial charge in [0.2, 0.25) is 10.0 Å². The van der Waals surface area contributed by atoms with Gasteiger partial charge < -0.3 is 5.11 Å². The van der Waals surface area contributed by atoms with E-state index in [1.165, 1.54) is 12.1 Å². The molecule has 0 saturated carbocycles. The molecule has 16 heavy (non-hydrogen) atoms. The topological polar surface area (TPSA) is 66.4 Å². The summed E-state index contributed by atoms with van der Waals surface area (Å²) >= 11 is 5.79. The molecule has 0 aliphatic rings. The van der Waals surface area contributed by atoms with Crippen molar-refractivity contribution in [3.05, 3.63) is 29.3 Å². The fraction of sp³-hybridized carbons (Fsp3) is 0.400.